The van der Waals surface area contributed by atoms with E-state index in [4.69, 9.17) is 4.74 Å². The van der Waals surface area contributed by atoms with E-state index in [2.05, 4.69) is 20.8 Å². The van der Waals surface area contributed by atoms with Crippen LogP contribution in [0.3, 0.4) is 0 Å². The van der Waals surface area contributed by atoms with Crippen LogP contribution in [0.25, 0.3) is 0 Å². The lowest BCUT2D eigenvalue weighted by molar-refractivity contribution is -0.160. The third-order valence-corrected chi connectivity index (χ3v) is 8.63. The van der Waals surface area contributed by atoms with E-state index in [-0.39, 0.29) is 30.0 Å². The van der Waals surface area contributed by atoms with Gasteiger partial charge >= 0.3 is 12.0 Å². The van der Waals surface area contributed by atoms with Crippen LogP contribution in [0.5, 0.6) is 0 Å². The highest BCUT2D eigenvalue weighted by molar-refractivity contribution is 6.01. The predicted molar refractivity (Wildman–Crippen MR) is 140 cm³/mol. The van der Waals surface area contributed by atoms with Gasteiger partial charge in [0.15, 0.2) is 0 Å². The van der Waals surface area contributed by atoms with Crippen LogP contribution in [-0.2, 0) is 14.3 Å². The summed E-state index contributed by atoms with van der Waals surface area (Å²) in [6, 6.07) is -0.145. The van der Waals surface area contributed by atoms with Crippen molar-refractivity contribution in [3.63, 3.8) is 0 Å². The minimum Gasteiger partial charge on any atom is -0.481 e. The summed E-state index contributed by atoms with van der Waals surface area (Å²) in [5, 5.41) is 9.90. The first-order valence-electron chi connectivity index (χ1n) is 14.1. The van der Waals surface area contributed by atoms with E-state index in [1.54, 1.807) is 4.90 Å². The van der Waals surface area contributed by atoms with Gasteiger partial charge in [-0.15, -0.1) is 0 Å². The average molecular weight is 497 g/mol. The van der Waals surface area contributed by atoms with Gasteiger partial charge in [-0.05, 0) is 57.8 Å². The fourth-order valence-corrected chi connectivity index (χ4v) is 5.53. The Morgan fingerprint density at radius 1 is 0.943 bits per heavy atom. The van der Waals surface area contributed by atoms with Crippen molar-refractivity contribution in [2.45, 2.75) is 125 Å². The summed E-state index contributed by atoms with van der Waals surface area (Å²) in [6.07, 6.45) is 11.1. The Hall–Kier alpha value is -1.63. The van der Waals surface area contributed by atoms with Crippen molar-refractivity contribution in [1.29, 1.82) is 0 Å². The molecule has 0 saturated carbocycles. The summed E-state index contributed by atoms with van der Waals surface area (Å²) >= 11 is 0. The van der Waals surface area contributed by atoms with Crippen LogP contribution in [0.4, 0.5) is 4.79 Å². The van der Waals surface area contributed by atoms with E-state index in [0.717, 1.165) is 64.2 Å². The van der Waals surface area contributed by atoms with Gasteiger partial charge in [-0.1, -0.05) is 66.2 Å². The summed E-state index contributed by atoms with van der Waals surface area (Å²) in [5.41, 5.74) is -0.520. The molecule has 1 rings (SSSR count). The van der Waals surface area contributed by atoms with Crippen LogP contribution in [0.15, 0.2) is 0 Å². The topological polar surface area (TPSA) is 87.2 Å². The minimum absolute atomic E-state index is 0.0759. The molecule has 1 heterocycles. The number of carboxylic acid groups (broad SMARTS) is 1. The van der Waals surface area contributed by atoms with Crippen LogP contribution in [-0.4, -0.2) is 65.2 Å². The van der Waals surface area contributed by atoms with Crippen molar-refractivity contribution in [1.82, 2.24) is 9.80 Å². The number of rotatable bonds is 20. The molecule has 3 amide bonds. The number of ether oxygens (including phenoxy) is 1. The summed E-state index contributed by atoms with van der Waals surface area (Å²) in [4.78, 5) is 39.4. The predicted octanol–water partition coefficient (Wildman–Crippen LogP) is 6.49. The lowest BCUT2D eigenvalue weighted by Gasteiger charge is -2.35. The SMILES string of the molecule is CCCCC(CC)(C(=O)O)C(C)OCCCCC(CC)(CC)CCCCN1C(=O)CN(CC)C1=O. The molecule has 7 nitrogen and oxygen atoms in total. The highest BCUT2D eigenvalue weighted by Crippen LogP contribution is 2.38. The maximum absolute atomic E-state index is 12.3. The second-order valence-corrected chi connectivity index (χ2v) is 10.4. The number of hydrogen-bond acceptors (Lipinski definition) is 4. The van der Waals surface area contributed by atoms with E-state index < -0.39 is 11.4 Å². The maximum Gasteiger partial charge on any atom is 0.327 e. The number of imide groups is 1. The van der Waals surface area contributed by atoms with Crippen LogP contribution in [0.2, 0.25) is 0 Å². The van der Waals surface area contributed by atoms with E-state index in [1.807, 2.05) is 20.8 Å². The molecule has 2 unspecified atom stereocenters. The normalized spacial score (nSPS) is 17.2. The Morgan fingerprint density at radius 2 is 1.57 bits per heavy atom. The molecule has 1 N–H and O–H groups in total. The summed E-state index contributed by atoms with van der Waals surface area (Å²) in [6.45, 7) is 14.3. The van der Waals surface area contributed by atoms with Crippen molar-refractivity contribution in [3.05, 3.63) is 0 Å². The van der Waals surface area contributed by atoms with E-state index in [9.17, 15) is 19.5 Å². The number of nitrogens with zero attached hydrogens (tertiary/aromatic N) is 2. The Morgan fingerprint density at radius 3 is 2.06 bits per heavy atom. The Kier molecular flexibility index (Phi) is 13.9. The van der Waals surface area contributed by atoms with Crippen LogP contribution < -0.4 is 0 Å². The van der Waals surface area contributed by atoms with Crippen molar-refractivity contribution >= 4 is 17.9 Å². The number of hydrogen-bond donors (Lipinski definition) is 1. The lowest BCUT2D eigenvalue weighted by Crippen LogP contribution is -2.42. The molecule has 0 bridgehead atoms. The third-order valence-electron chi connectivity index (χ3n) is 8.63. The van der Waals surface area contributed by atoms with Crippen LogP contribution in [0, 0.1) is 10.8 Å². The number of urea groups is 1. The van der Waals surface area contributed by atoms with Gasteiger partial charge in [0, 0.05) is 19.7 Å². The van der Waals surface area contributed by atoms with Gasteiger partial charge in [0.05, 0.1) is 11.5 Å². The van der Waals surface area contributed by atoms with Gasteiger partial charge in [0.25, 0.3) is 0 Å². The zero-order valence-corrected chi connectivity index (χ0v) is 23.4. The number of likely N-dealkylation sites (N-methyl/N-ethyl adjacent to an activating group) is 1. The van der Waals surface area contributed by atoms with Crippen LogP contribution >= 0.6 is 0 Å². The number of carbonyl (C=O) groups excluding carboxylic acids is 2. The Bertz CT molecular complexity index is 664. The number of amides is 3. The number of carboxylic acids is 1. The molecule has 0 radical (unpaired) electrons. The minimum atomic E-state index is -0.793. The zero-order valence-electron chi connectivity index (χ0n) is 23.4. The second kappa shape index (κ2) is 15.5. The standard InChI is InChI=1S/C28H52N2O5/c1-7-12-19-28(10-4,25(32)33)23(6)35-21-16-14-18-27(8-2,9-3)17-13-15-20-30-24(31)22-29(11-5)26(30)34/h23H,7-22H2,1-6H3,(H,32,33). The van der Waals surface area contributed by atoms with Crippen molar-refractivity contribution in [2.75, 3.05) is 26.2 Å². The quantitative estimate of drug-likeness (QED) is 0.154. The first-order valence-corrected chi connectivity index (χ1v) is 14.1. The molecule has 35 heavy (non-hydrogen) atoms. The first-order chi connectivity index (χ1) is 16.7. The fraction of sp³-hybridized carbons (Fsp3) is 0.893. The maximum atomic E-state index is 12.3. The molecule has 204 valence electrons. The number of unbranched alkanes of at least 4 members (excludes halogenated alkanes) is 3. The molecule has 0 aromatic rings. The van der Waals surface area contributed by atoms with Crippen molar-refractivity contribution < 1.29 is 24.2 Å². The molecule has 0 aromatic heterocycles. The van der Waals surface area contributed by atoms with E-state index in [0.29, 0.717) is 32.5 Å². The van der Waals surface area contributed by atoms with Crippen molar-refractivity contribution in [3.8, 4) is 0 Å². The molecular weight excluding hydrogens is 444 g/mol. The highest BCUT2D eigenvalue weighted by Gasteiger charge is 2.42. The molecule has 0 aliphatic carbocycles. The van der Waals surface area contributed by atoms with Crippen molar-refractivity contribution in [2.24, 2.45) is 10.8 Å². The molecule has 2 atom stereocenters. The summed E-state index contributed by atoms with van der Waals surface area (Å²) in [7, 11) is 0. The summed E-state index contributed by atoms with van der Waals surface area (Å²) in [5.74, 6) is -0.815. The zero-order chi connectivity index (χ0) is 26.5. The van der Waals surface area contributed by atoms with E-state index in [1.165, 1.54) is 4.90 Å². The molecule has 7 heteroatoms. The van der Waals surface area contributed by atoms with Gasteiger partial charge in [-0.3, -0.25) is 14.5 Å². The second-order valence-electron chi connectivity index (χ2n) is 10.4. The molecule has 0 spiro atoms. The van der Waals surface area contributed by atoms with Gasteiger partial charge in [-0.2, -0.15) is 0 Å². The van der Waals surface area contributed by atoms with Gasteiger partial charge < -0.3 is 14.7 Å². The Labute approximate surface area is 213 Å². The molecule has 1 aliphatic heterocycles. The highest BCUT2D eigenvalue weighted by atomic mass is 16.5. The van der Waals surface area contributed by atoms with Gasteiger partial charge in [0.1, 0.15) is 6.54 Å². The van der Waals surface area contributed by atoms with Gasteiger partial charge in [0.2, 0.25) is 5.91 Å². The molecule has 0 aromatic carbocycles. The summed E-state index contributed by atoms with van der Waals surface area (Å²) < 4.78 is 6.08. The fourth-order valence-electron chi connectivity index (χ4n) is 5.53. The molecule has 1 fully saturated rings. The van der Waals surface area contributed by atoms with Crippen LogP contribution in [0.1, 0.15) is 119 Å². The monoisotopic (exact) mass is 496 g/mol. The van der Waals surface area contributed by atoms with E-state index >= 15 is 0 Å². The number of aliphatic carboxylic acids is 1. The Balaban J connectivity index is 2.46. The first kappa shape index (κ1) is 31.4. The van der Waals surface area contributed by atoms with Gasteiger partial charge in [-0.25, -0.2) is 4.79 Å². The molecule has 1 aliphatic rings. The largest absolute Gasteiger partial charge is 0.481 e. The average Bonchev–Trinajstić information content (AvgIpc) is 3.13. The third kappa shape index (κ3) is 8.47. The lowest BCUT2D eigenvalue weighted by atomic mass is 9.74. The molecule has 1 saturated heterocycles. The molecular formula is C28H52N2O5. The number of carbonyl (C=O) groups is 3. The smallest absolute Gasteiger partial charge is 0.327 e.